The van der Waals surface area contributed by atoms with Crippen LogP contribution in [0.25, 0.3) is 0 Å². The molecule has 2 aromatic rings. The van der Waals surface area contributed by atoms with Gasteiger partial charge in [-0.05, 0) is 68.5 Å². The van der Waals surface area contributed by atoms with Crippen molar-refractivity contribution in [3.05, 3.63) is 53.6 Å². The average Bonchev–Trinajstić information content (AvgIpc) is 3.03. The molecule has 1 saturated heterocycles. The molecule has 0 spiro atoms. The molecule has 10 heteroatoms. The van der Waals surface area contributed by atoms with E-state index in [9.17, 15) is 9.59 Å². The highest BCUT2D eigenvalue weighted by Crippen LogP contribution is 2.35. The second-order valence-electron chi connectivity index (χ2n) is 12.7. The van der Waals surface area contributed by atoms with E-state index in [1.807, 2.05) is 25.1 Å². The van der Waals surface area contributed by atoms with Gasteiger partial charge in [0.25, 0.3) is 0 Å². The molecule has 2 heterocycles. The van der Waals surface area contributed by atoms with Gasteiger partial charge >= 0.3 is 0 Å². The number of methoxy groups -OCH3 is 2. The molecule has 0 unspecified atom stereocenters. The zero-order valence-electron chi connectivity index (χ0n) is 26.9. The summed E-state index contributed by atoms with van der Waals surface area (Å²) in [6, 6.07) is 14.6. The SMILES string of the molecule is COCCCN1CCOc2ccc(CO[C@H]3CN[C@@H](C[C@H](C)C(=O)NCC(C)(C)C(N)=O)C[C@@H]3c3ccc(OC)cc3)cc21. The van der Waals surface area contributed by atoms with E-state index in [0.29, 0.717) is 26.2 Å². The standard InChI is InChI=1S/C34H50N4O6/c1-23(32(39)37-22-34(2,3)33(35)40)17-26-19-28(25-8-10-27(42-5)11-9-25)31(20-36-26)44-21-24-7-12-30-29(18-24)38(14-16-43-30)13-6-15-41-4/h7-12,18,23,26,28,31,36H,6,13-17,19-22H2,1-5H3,(H2,35,40)(H,37,39)/t23-,26-,28+,31-/m0/s1. The summed E-state index contributed by atoms with van der Waals surface area (Å²) in [5.74, 6) is 1.13. The van der Waals surface area contributed by atoms with Crippen molar-refractivity contribution in [2.75, 3.05) is 58.5 Å². The number of hydrogen-bond acceptors (Lipinski definition) is 8. The van der Waals surface area contributed by atoms with Gasteiger partial charge < -0.3 is 40.2 Å². The van der Waals surface area contributed by atoms with Gasteiger partial charge in [0.1, 0.15) is 18.1 Å². The fourth-order valence-corrected chi connectivity index (χ4v) is 5.87. The third kappa shape index (κ3) is 8.86. The van der Waals surface area contributed by atoms with Gasteiger partial charge in [-0.3, -0.25) is 9.59 Å². The number of anilines is 1. The highest BCUT2D eigenvalue weighted by atomic mass is 16.5. The first-order valence-corrected chi connectivity index (χ1v) is 15.7. The molecule has 242 valence electrons. The van der Waals surface area contributed by atoms with Crippen molar-refractivity contribution in [3.8, 4) is 11.5 Å². The Balaban J connectivity index is 1.41. The predicted molar refractivity (Wildman–Crippen MR) is 171 cm³/mol. The summed E-state index contributed by atoms with van der Waals surface area (Å²) >= 11 is 0. The molecule has 0 bridgehead atoms. The minimum absolute atomic E-state index is 0.0507. The molecule has 0 aromatic heterocycles. The molecular formula is C34H50N4O6. The second kappa shape index (κ2) is 15.6. The minimum atomic E-state index is -0.796. The van der Waals surface area contributed by atoms with Crippen LogP contribution in [0, 0.1) is 11.3 Å². The van der Waals surface area contributed by atoms with Gasteiger partial charge in [-0.25, -0.2) is 0 Å². The normalized spacial score (nSPS) is 20.8. The predicted octanol–water partition coefficient (Wildman–Crippen LogP) is 3.62. The summed E-state index contributed by atoms with van der Waals surface area (Å²) in [6.45, 7) is 9.95. The minimum Gasteiger partial charge on any atom is -0.497 e. The summed E-state index contributed by atoms with van der Waals surface area (Å²) in [5, 5.41) is 6.56. The summed E-state index contributed by atoms with van der Waals surface area (Å²) < 4.78 is 23.2. The maximum absolute atomic E-state index is 12.9. The van der Waals surface area contributed by atoms with Gasteiger partial charge in [-0.2, -0.15) is 0 Å². The fraction of sp³-hybridized carbons (Fsp3) is 0.588. The van der Waals surface area contributed by atoms with Crippen LogP contribution in [0.4, 0.5) is 5.69 Å². The van der Waals surface area contributed by atoms with Crippen LogP contribution in [0.3, 0.4) is 0 Å². The number of primary amides is 1. The number of benzene rings is 2. The average molecular weight is 611 g/mol. The molecule has 44 heavy (non-hydrogen) atoms. The van der Waals surface area contributed by atoms with Crippen molar-refractivity contribution in [1.29, 1.82) is 0 Å². The summed E-state index contributed by atoms with van der Waals surface area (Å²) in [4.78, 5) is 26.9. The Hall–Kier alpha value is -3.34. The third-order valence-corrected chi connectivity index (χ3v) is 8.82. The van der Waals surface area contributed by atoms with Crippen LogP contribution in [-0.4, -0.2) is 77.6 Å². The quantitative estimate of drug-likeness (QED) is 0.261. The molecular weight excluding hydrogens is 560 g/mol. The van der Waals surface area contributed by atoms with E-state index >= 15 is 0 Å². The number of nitrogens with zero attached hydrogens (tertiary/aromatic N) is 1. The van der Waals surface area contributed by atoms with Crippen LogP contribution in [0.5, 0.6) is 11.5 Å². The number of nitrogens with two attached hydrogens (primary N) is 1. The molecule has 2 aromatic carbocycles. The Morgan fingerprint density at radius 2 is 1.95 bits per heavy atom. The number of fused-ring (bicyclic) bond motifs is 1. The van der Waals surface area contributed by atoms with Gasteiger partial charge in [-0.15, -0.1) is 0 Å². The lowest BCUT2D eigenvalue weighted by atomic mass is 9.81. The van der Waals surface area contributed by atoms with E-state index in [4.69, 9.17) is 24.7 Å². The number of nitrogens with one attached hydrogen (secondary N) is 2. The summed E-state index contributed by atoms with van der Waals surface area (Å²) in [5.41, 5.74) is 8.07. The third-order valence-electron chi connectivity index (χ3n) is 8.82. The number of carbonyl (C=O) groups excluding carboxylic acids is 2. The Morgan fingerprint density at radius 3 is 2.66 bits per heavy atom. The van der Waals surface area contributed by atoms with Gasteiger partial charge in [0.15, 0.2) is 0 Å². The lowest BCUT2D eigenvalue weighted by Gasteiger charge is -2.38. The second-order valence-corrected chi connectivity index (χ2v) is 12.7. The molecule has 4 N–H and O–H groups in total. The van der Waals surface area contributed by atoms with Crippen LogP contribution in [0.1, 0.15) is 57.1 Å². The van der Waals surface area contributed by atoms with Crippen molar-refractivity contribution in [2.24, 2.45) is 17.1 Å². The summed E-state index contributed by atoms with van der Waals surface area (Å²) in [7, 11) is 3.40. The number of hydrogen-bond donors (Lipinski definition) is 3. The van der Waals surface area contributed by atoms with E-state index in [2.05, 4.69) is 39.8 Å². The highest BCUT2D eigenvalue weighted by molar-refractivity contribution is 5.82. The van der Waals surface area contributed by atoms with Gasteiger partial charge in [0.2, 0.25) is 11.8 Å². The smallest absolute Gasteiger partial charge is 0.224 e. The Kier molecular flexibility index (Phi) is 11.9. The number of piperidine rings is 1. The molecule has 0 radical (unpaired) electrons. The fourth-order valence-electron chi connectivity index (χ4n) is 5.87. The molecule has 2 amide bonds. The lowest BCUT2D eigenvalue weighted by Crippen LogP contribution is -2.49. The van der Waals surface area contributed by atoms with Gasteiger partial charge in [0, 0.05) is 51.2 Å². The van der Waals surface area contributed by atoms with E-state index < -0.39 is 11.3 Å². The molecule has 1 fully saturated rings. The van der Waals surface area contributed by atoms with Crippen LogP contribution < -0.4 is 30.7 Å². The number of rotatable bonds is 15. The van der Waals surface area contributed by atoms with E-state index in [1.165, 1.54) is 5.56 Å². The molecule has 2 aliphatic rings. The number of ether oxygens (including phenoxy) is 4. The molecule has 4 rings (SSSR count). The zero-order chi connectivity index (χ0) is 31.7. The van der Waals surface area contributed by atoms with Crippen LogP contribution in [0.15, 0.2) is 42.5 Å². The Bertz CT molecular complexity index is 1240. The number of amides is 2. The van der Waals surface area contributed by atoms with Crippen LogP contribution >= 0.6 is 0 Å². The maximum Gasteiger partial charge on any atom is 0.224 e. The largest absolute Gasteiger partial charge is 0.497 e. The Morgan fingerprint density at radius 1 is 1.18 bits per heavy atom. The monoisotopic (exact) mass is 610 g/mol. The van der Waals surface area contributed by atoms with Crippen molar-refractivity contribution in [3.63, 3.8) is 0 Å². The first-order valence-electron chi connectivity index (χ1n) is 15.7. The molecule has 2 aliphatic heterocycles. The van der Waals surface area contributed by atoms with E-state index in [0.717, 1.165) is 55.3 Å². The highest BCUT2D eigenvalue weighted by Gasteiger charge is 2.34. The Labute approximate surface area is 261 Å². The van der Waals surface area contributed by atoms with Gasteiger partial charge in [-0.1, -0.05) is 25.1 Å². The van der Waals surface area contributed by atoms with Crippen molar-refractivity contribution in [1.82, 2.24) is 10.6 Å². The molecule has 0 saturated carbocycles. The van der Waals surface area contributed by atoms with E-state index in [1.54, 1.807) is 28.1 Å². The molecule has 10 nitrogen and oxygen atoms in total. The van der Waals surface area contributed by atoms with Crippen LogP contribution in [0.2, 0.25) is 0 Å². The van der Waals surface area contributed by atoms with Crippen molar-refractivity contribution < 1.29 is 28.5 Å². The first-order chi connectivity index (χ1) is 21.1. The topological polar surface area (TPSA) is 124 Å². The van der Waals surface area contributed by atoms with Gasteiger partial charge in [0.05, 0.1) is 37.5 Å². The molecule has 0 aliphatic carbocycles. The molecule has 4 atom stereocenters. The maximum atomic E-state index is 12.9. The zero-order valence-corrected chi connectivity index (χ0v) is 26.9. The summed E-state index contributed by atoms with van der Waals surface area (Å²) in [6.07, 6.45) is 2.41. The first kappa shape index (κ1) is 33.6. The van der Waals surface area contributed by atoms with Crippen molar-refractivity contribution in [2.45, 2.75) is 64.7 Å². The number of carbonyl (C=O) groups is 2. The van der Waals surface area contributed by atoms with Crippen molar-refractivity contribution >= 4 is 17.5 Å². The lowest BCUT2D eigenvalue weighted by molar-refractivity contribution is -0.128. The van der Waals surface area contributed by atoms with E-state index in [-0.39, 0.29) is 36.4 Å². The van der Waals surface area contributed by atoms with Crippen LogP contribution in [-0.2, 0) is 25.7 Å².